The smallest absolute Gasteiger partial charge is 0.0158 e. The van der Waals surface area contributed by atoms with Crippen molar-refractivity contribution in [2.24, 2.45) is 0 Å². The molecule has 0 heterocycles. The first kappa shape index (κ1) is 13.2. The van der Waals surface area contributed by atoms with Gasteiger partial charge in [-0.1, -0.05) is 56.7 Å². The normalized spacial score (nSPS) is 17.4. The van der Waals surface area contributed by atoms with Gasteiger partial charge < -0.3 is 0 Å². The molecule has 0 aromatic heterocycles. The molecule has 0 N–H and O–H groups in total. The number of allylic oxidation sites excluding steroid dienone is 10. The van der Waals surface area contributed by atoms with E-state index < -0.39 is 0 Å². The maximum absolute atomic E-state index is 4.17. The van der Waals surface area contributed by atoms with Gasteiger partial charge in [-0.05, 0) is 47.6 Å². The minimum atomic E-state index is 0.973. The second kappa shape index (κ2) is 6.05. The summed E-state index contributed by atoms with van der Waals surface area (Å²) in [6, 6.07) is 0. The fourth-order valence-corrected chi connectivity index (χ4v) is 2.17. The summed E-state index contributed by atoms with van der Waals surface area (Å²) in [6.07, 6.45) is 11.8. The largest absolute Gasteiger partial charge is 0.0988 e. The van der Waals surface area contributed by atoms with E-state index in [0.29, 0.717) is 0 Å². The minimum absolute atomic E-state index is 0.973. The maximum Gasteiger partial charge on any atom is -0.0158 e. The van der Waals surface area contributed by atoms with E-state index in [2.05, 4.69) is 38.5 Å². The molecule has 0 unspecified atom stereocenters. The van der Waals surface area contributed by atoms with Crippen LogP contribution in [0.25, 0.3) is 0 Å². The fourth-order valence-electron chi connectivity index (χ4n) is 2.17. The molecule has 1 rings (SSSR count). The van der Waals surface area contributed by atoms with Gasteiger partial charge in [0, 0.05) is 0 Å². The van der Waals surface area contributed by atoms with Gasteiger partial charge >= 0.3 is 0 Å². The molecule has 0 aromatic carbocycles. The fraction of sp³-hybridized carbons (Fsp3) is 0.176. The monoisotopic (exact) mass is 224 g/mol. The van der Waals surface area contributed by atoms with Crippen LogP contribution in [0.3, 0.4) is 0 Å². The lowest BCUT2D eigenvalue weighted by Gasteiger charge is -2.10. The van der Waals surface area contributed by atoms with Crippen molar-refractivity contribution >= 4 is 0 Å². The Morgan fingerprint density at radius 2 is 1.41 bits per heavy atom. The molecule has 0 nitrogen and oxygen atoms in total. The summed E-state index contributed by atoms with van der Waals surface area (Å²) in [5, 5.41) is 0. The molecule has 0 saturated carbocycles. The van der Waals surface area contributed by atoms with Gasteiger partial charge in [0.25, 0.3) is 0 Å². The molecule has 0 amide bonds. The van der Waals surface area contributed by atoms with Crippen molar-refractivity contribution in [3.8, 4) is 0 Å². The summed E-state index contributed by atoms with van der Waals surface area (Å²) in [5.74, 6) is 0. The molecular weight excluding hydrogens is 204 g/mol. The van der Waals surface area contributed by atoms with Crippen LogP contribution in [0.2, 0.25) is 0 Å². The van der Waals surface area contributed by atoms with Crippen molar-refractivity contribution < 1.29 is 0 Å². The zero-order chi connectivity index (χ0) is 12.8. The van der Waals surface area contributed by atoms with Crippen LogP contribution >= 0.6 is 0 Å². The quantitative estimate of drug-likeness (QED) is 0.626. The minimum Gasteiger partial charge on any atom is -0.0988 e. The molecule has 0 radical (unpaired) electrons. The first-order valence-corrected chi connectivity index (χ1v) is 5.85. The summed E-state index contributed by atoms with van der Waals surface area (Å²) in [7, 11) is 0. The van der Waals surface area contributed by atoms with Gasteiger partial charge in [0.1, 0.15) is 0 Å². The molecule has 0 atom stereocenters. The Morgan fingerprint density at radius 3 is 1.88 bits per heavy atom. The van der Waals surface area contributed by atoms with Crippen molar-refractivity contribution in [2.45, 2.75) is 19.8 Å². The second-order valence-electron chi connectivity index (χ2n) is 3.97. The predicted octanol–water partition coefficient (Wildman–Crippen LogP) is 5.06. The van der Waals surface area contributed by atoms with Crippen LogP contribution in [0.1, 0.15) is 19.8 Å². The number of rotatable bonds is 4. The summed E-state index contributed by atoms with van der Waals surface area (Å²) in [4.78, 5) is 0. The van der Waals surface area contributed by atoms with Crippen molar-refractivity contribution in [3.05, 3.63) is 84.6 Å². The Morgan fingerprint density at radius 1 is 0.882 bits per heavy atom. The average Bonchev–Trinajstić information content (AvgIpc) is 2.46. The standard InChI is InChI=1S/C17H20/c1-6-10-15-12-11-14(7-2)16(8-3)13(5)17(15)9-4/h6-10H,2-5,11-12H2,1H3/b10-6-. The van der Waals surface area contributed by atoms with Gasteiger partial charge in [-0.2, -0.15) is 0 Å². The van der Waals surface area contributed by atoms with E-state index in [1.54, 1.807) is 0 Å². The predicted molar refractivity (Wildman–Crippen MR) is 77.8 cm³/mol. The van der Waals surface area contributed by atoms with Crippen LogP contribution in [-0.4, -0.2) is 0 Å². The van der Waals surface area contributed by atoms with E-state index in [-0.39, 0.29) is 0 Å². The molecule has 17 heavy (non-hydrogen) atoms. The highest BCUT2D eigenvalue weighted by Gasteiger charge is 2.15. The Balaban J connectivity index is 3.38. The zero-order valence-electron chi connectivity index (χ0n) is 10.6. The third-order valence-corrected chi connectivity index (χ3v) is 3.03. The third kappa shape index (κ3) is 2.65. The topological polar surface area (TPSA) is 0 Å². The second-order valence-corrected chi connectivity index (χ2v) is 3.97. The van der Waals surface area contributed by atoms with Crippen LogP contribution < -0.4 is 0 Å². The molecule has 0 bridgehead atoms. The van der Waals surface area contributed by atoms with Gasteiger partial charge in [0.15, 0.2) is 0 Å². The highest BCUT2D eigenvalue weighted by atomic mass is 14.2. The first-order valence-electron chi connectivity index (χ1n) is 5.85. The molecule has 0 fully saturated rings. The lowest BCUT2D eigenvalue weighted by Crippen LogP contribution is -1.91. The lowest BCUT2D eigenvalue weighted by molar-refractivity contribution is 0.970. The zero-order valence-corrected chi connectivity index (χ0v) is 10.6. The van der Waals surface area contributed by atoms with E-state index in [1.165, 1.54) is 11.1 Å². The highest BCUT2D eigenvalue weighted by Crippen LogP contribution is 2.34. The molecule has 0 spiro atoms. The summed E-state index contributed by atoms with van der Waals surface area (Å²) < 4.78 is 0. The molecule has 0 saturated heterocycles. The summed E-state index contributed by atoms with van der Waals surface area (Å²) in [6.45, 7) is 17.8. The number of hydrogen-bond acceptors (Lipinski definition) is 0. The highest BCUT2D eigenvalue weighted by molar-refractivity contribution is 5.61. The Labute approximate surface area is 105 Å². The molecule has 88 valence electrons. The van der Waals surface area contributed by atoms with E-state index >= 15 is 0 Å². The SMILES string of the molecule is C=CC1=C(C=C)C(=C)C(C=C)=C(/C=C\C)CC1. The van der Waals surface area contributed by atoms with E-state index in [9.17, 15) is 0 Å². The Hall–Kier alpha value is -1.82. The summed E-state index contributed by atoms with van der Waals surface area (Å²) in [5.41, 5.74) is 5.70. The van der Waals surface area contributed by atoms with Crippen molar-refractivity contribution in [1.29, 1.82) is 0 Å². The van der Waals surface area contributed by atoms with Gasteiger partial charge in [-0.25, -0.2) is 0 Å². The number of hydrogen-bond donors (Lipinski definition) is 0. The molecule has 0 heteroatoms. The molecule has 1 aliphatic rings. The van der Waals surface area contributed by atoms with E-state index in [4.69, 9.17) is 0 Å². The van der Waals surface area contributed by atoms with Gasteiger partial charge in [-0.3, -0.25) is 0 Å². The lowest BCUT2D eigenvalue weighted by atomic mass is 9.95. The van der Waals surface area contributed by atoms with Crippen molar-refractivity contribution in [1.82, 2.24) is 0 Å². The average molecular weight is 224 g/mol. The maximum atomic E-state index is 4.17. The van der Waals surface area contributed by atoms with Crippen molar-refractivity contribution in [3.63, 3.8) is 0 Å². The van der Waals surface area contributed by atoms with Crippen LogP contribution in [-0.2, 0) is 0 Å². The van der Waals surface area contributed by atoms with Crippen LogP contribution in [0.5, 0.6) is 0 Å². The van der Waals surface area contributed by atoms with Gasteiger partial charge in [0.2, 0.25) is 0 Å². The van der Waals surface area contributed by atoms with Gasteiger partial charge in [-0.15, -0.1) is 0 Å². The van der Waals surface area contributed by atoms with Crippen LogP contribution in [0, 0.1) is 0 Å². The van der Waals surface area contributed by atoms with Crippen LogP contribution in [0.15, 0.2) is 84.6 Å². The summed E-state index contributed by atoms with van der Waals surface area (Å²) >= 11 is 0. The van der Waals surface area contributed by atoms with Crippen LogP contribution in [0.4, 0.5) is 0 Å². The molecule has 0 aliphatic heterocycles. The molecular formula is C17H20. The Kier molecular flexibility index (Phi) is 4.71. The van der Waals surface area contributed by atoms with E-state index in [0.717, 1.165) is 29.6 Å². The van der Waals surface area contributed by atoms with E-state index in [1.807, 2.05) is 25.2 Å². The third-order valence-electron chi connectivity index (χ3n) is 3.03. The molecule has 1 aliphatic carbocycles. The van der Waals surface area contributed by atoms with Crippen molar-refractivity contribution in [2.75, 3.05) is 0 Å². The molecule has 0 aromatic rings. The Bertz CT molecular complexity index is 450. The first-order chi connectivity index (χ1) is 8.19. The van der Waals surface area contributed by atoms with Gasteiger partial charge in [0.05, 0.1) is 0 Å².